The minimum absolute atomic E-state index is 0. The lowest BCUT2D eigenvalue weighted by Gasteiger charge is -2.03. The normalized spacial score (nSPS) is 12.2. The first kappa shape index (κ1) is 12.5. The number of benzene rings is 2. The van der Waals surface area contributed by atoms with E-state index in [-0.39, 0.29) is 17.0 Å². The molecule has 2 aliphatic rings. The molecule has 0 fully saturated rings. The molecule has 0 N–H and O–H groups in total. The van der Waals surface area contributed by atoms with Gasteiger partial charge in [-0.1, -0.05) is 42.5 Å². The Bertz CT molecular complexity index is 920. The molecule has 1 heterocycles. The fourth-order valence-corrected chi connectivity index (χ4v) is 3.34. The molecule has 0 radical (unpaired) electrons. The van der Waals surface area contributed by atoms with E-state index < -0.39 is 0 Å². The summed E-state index contributed by atoms with van der Waals surface area (Å²) in [4.78, 5) is 4.48. The predicted octanol–water partition coefficient (Wildman–Crippen LogP) is 3.28. The Balaban J connectivity index is 0.00000115. The Hall–Kier alpha value is -2.19. The maximum absolute atomic E-state index is 4.48. The number of nitrogens with zero attached hydrogens (tertiary/aromatic N) is 1. The van der Waals surface area contributed by atoms with E-state index in [1.54, 1.807) is 0 Å². The first-order chi connectivity index (χ1) is 9.92. The van der Waals surface area contributed by atoms with Gasteiger partial charge < -0.3 is 0 Å². The van der Waals surface area contributed by atoms with Crippen molar-refractivity contribution in [2.45, 2.75) is 0 Å². The van der Waals surface area contributed by atoms with Gasteiger partial charge in [0.15, 0.2) is 0 Å². The highest BCUT2D eigenvalue weighted by Gasteiger charge is 2.18. The van der Waals surface area contributed by atoms with Gasteiger partial charge >= 0.3 is 0 Å². The summed E-state index contributed by atoms with van der Waals surface area (Å²) in [6, 6.07) is 17.2. The van der Waals surface area contributed by atoms with Crippen molar-refractivity contribution < 1.29 is 0 Å². The van der Waals surface area contributed by atoms with Crippen LogP contribution in [0.4, 0.5) is 0 Å². The molecule has 1 nitrogen and oxygen atoms in total. The lowest BCUT2D eigenvalue weighted by Crippen LogP contribution is -2.25. The molecule has 3 aromatic rings. The molecule has 5 rings (SSSR count). The standard InChI is InChI=1S/C19H11N.BrH/c1-2-5-13-12(4-1)10-17-14(13)7-8-15-16-6-3-9-20-19(16)11-18(15)17;/h1-11H;1H. The fourth-order valence-electron chi connectivity index (χ4n) is 3.34. The molecule has 2 aliphatic carbocycles. The van der Waals surface area contributed by atoms with Crippen molar-refractivity contribution in [3.63, 3.8) is 0 Å². The van der Waals surface area contributed by atoms with E-state index in [9.17, 15) is 0 Å². The predicted molar refractivity (Wildman–Crippen MR) is 91.8 cm³/mol. The molecule has 0 atom stereocenters. The molecular weight excluding hydrogens is 322 g/mol. The van der Waals surface area contributed by atoms with Crippen LogP contribution in [0.1, 0.15) is 11.3 Å². The SMILES string of the molecule is Br.C1=c2c(ccc3c2=Cc2ncccc2-3)-c2ccccc21. The van der Waals surface area contributed by atoms with E-state index in [0.29, 0.717) is 0 Å². The van der Waals surface area contributed by atoms with Crippen LogP contribution in [0.25, 0.3) is 34.4 Å². The number of fused-ring (bicyclic) bond motifs is 7. The minimum atomic E-state index is 0. The average molecular weight is 334 g/mol. The van der Waals surface area contributed by atoms with E-state index in [2.05, 4.69) is 59.6 Å². The largest absolute Gasteiger partial charge is 0.256 e. The molecule has 1 aromatic heterocycles. The van der Waals surface area contributed by atoms with E-state index in [1.165, 1.54) is 38.3 Å². The van der Waals surface area contributed by atoms with Crippen molar-refractivity contribution >= 4 is 29.1 Å². The summed E-state index contributed by atoms with van der Waals surface area (Å²) in [6.07, 6.45) is 6.37. The zero-order chi connectivity index (χ0) is 13.1. The monoisotopic (exact) mass is 333 g/mol. The lowest BCUT2D eigenvalue weighted by atomic mass is 10.0. The van der Waals surface area contributed by atoms with Crippen molar-refractivity contribution in [2.75, 3.05) is 0 Å². The summed E-state index contributed by atoms with van der Waals surface area (Å²) in [5, 5.41) is 2.65. The molecule has 0 bridgehead atoms. The highest BCUT2D eigenvalue weighted by molar-refractivity contribution is 8.93. The van der Waals surface area contributed by atoms with Crippen LogP contribution in [0, 0.1) is 0 Å². The third-order valence-electron chi connectivity index (χ3n) is 4.25. The Morgan fingerprint density at radius 3 is 2.24 bits per heavy atom. The lowest BCUT2D eigenvalue weighted by molar-refractivity contribution is 1.31. The van der Waals surface area contributed by atoms with Crippen molar-refractivity contribution in [3.05, 3.63) is 76.4 Å². The molecule has 0 aliphatic heterocycles. The van der Waals surface area contributed by atoms with E-state index >= 15 is 0 Å². The summed E-state index contributed by atoms with van der Waals surface area (Å²) in [7, 11) is 0. The van der Waals surface area contributed by atoms with Crippen LogP contribution in [0.2, 0.25) is 0 Å². The topological polar surface area (TPSA) is 12.9 Å². The first-order valence-corrected chi connectivity index (χ1v) is 6.83. The summed E-state index contributed by atoms with van der Waals surface area (Å²) < 4.78 is 0. The van der Waals surface area contributed by atoms with Crippen LogP contribution >= 0.6 is 17.0 Å². The van der Waals surface area contributed by atoms with Crippen LogP contribution in [-0.4, -0.2) is 4.98 Å². The van der Waals surface area contributed by atoms with Gasteiger partial charge in [0.2, 0.25) is 0 Å². The molecule has 0 unspecified atom stereocenters. The second kappa shape index (κ2) is 4.40. The van der Waals surface area contributed by atoms with Crippen molar-refractivity contribution in [2.24, 2.45) is 0 Å². The Morgan fingerprint density at radius 2 is 1.33 bits per heavy atom. The molecule has 0 saturated heterocycles. The number of rotatable bonds is 0. The van der Waals surface area contributed by atoms with Crippen LogP contribution in [-0.2, 0) is 0 Å². The van der Waals surface area contributed by atoms with Gasteiger partial charge in [0.25, 0.3) is 0 Å². The summed E-state index contributed by atoms with van der Waals surface area (Å²) in [5.74, 6) is 0. The molecular formula is C19H12BrN. The maximum Gasteiger partial charge on any atom is 0.0714 e. The third-order valence-corrected chi connectivity index (χ3v) is 4.25. The molecule has 100 valence electrons. The van der Waals surface area contributed by atoms with Crippen LogP contribution < -0.4 is 10.4 Å². The molecule has 0 amide bonds. The molecule has 0 saturated carbocycles. The van der Waals surface area contributed by atoms with Crippen molar-refractivity contribution in [1.82, 2.24) is 4.98 Å². The minimum Gasteiger partial charge on any atom is -0.256 e. The highest BCUT2D eigenvalue weighted by atomic mass is 79.9. The number of pyridine rings is 1. The third kappa shape index (κ3) is 1.60. The van der Waals surface area contributed by atoms with Crippen molar-refractivity contribution in [1.29, 1.82) is 0 Å². The van der Waals surface area contributed by atoms with Crippen molar-refractivity contribution in [3.8, 4) is 22.3 Å². The zero-order valence-electron chi connectivity index (χ0n) is 11.2. The van der Waals surface area contributed by atoms with Gasteiger partial charge in [-0.25, -0.2) is 0 Å². The van der Waals surface area contributed by atoms with Gasteiger partial charge in [-0.3, -0.25) is 4.98 Å². The van der Waals surface area contributed by atoms with Crippen LogP contribution in [0.5, 0.6) is 0 Å². The van der Waals surface area contributed by atoms with Gasteiger partial charge in [0, 0.05) is 11.8 Å². The van der Waals surface area contributed by atoms with Gasteiger partial charge in [-0.05, 0) is 50.9 Å². The quantitative estimate of drug-likeness (QED) is 0.424. The van der Waals surface area contributed by atoms with Crippen LogP contribution in [0.15, 0.2) is 54.7 Å². The van der Waals surface area contributed by atoms with Gasteiger partial charge in [-0.2, -0.15) is 0 Å². The van der Waals surface area contributed by atoms with E-state index in [0.717, 1.165) is 5.69 Å². The highest BCUT2D eigenvalue weighted by Crippen LogP contribution is 2.29. The number of aromatic nitrogens is 1. The van der Waals surface area contributed by atoms with Gasteiger partial charge in [0.1, 0.15) is 0 Å². The Labute approximate surface area is 133 Å². The smallest absolute Gasteiger partial charge is 0.0714 e. The second-order valence-electron chi connectivity index (χ2n) is 5.30. The van der Waals surface area contributed by atoms with Gasteiger partial charge in [-0.15, -0.1) is 17.0 Å². The number of hydrogen-bond donors (Lipinski definition) is 0. The summed E-state index contributed by atoms with van der Waals surface area (Å²) >= 11 is 0. The molecule has 0 spiro atoms. The fraction of sp³-hybridized carbons (Fsp3) is 0. The molecule has 21 heavy (non-hydrogen) atoms. The maximum atomic E-state index is 4.48. The Morgan fingerprint density at radius 1 is 0.619 bits per heavy atom. The molecule has 2 heteroatoms. The summed E-state index contributed by atoms with van der Waals surface area (Å²) in [5.41, 5.74) is 7.62. The van der Waals surface area contributed by atoms with E-state index in [1.807, 2.05) is 12.3 Å². The number of hydrogen-bond acceptors (Lipinski definition) is 1. The summed E-state index contributed by atoms with van der Waals surface area (Å²) in [6.45, 7) is 0. The molecule has 2 aromatic carbocycles. The van der Waals surface area contributed by atoms with Crippen LogP contribution in [0.3, 0.4) is 0 Å². The zero-order valence-corrected chi connectivity index (χ0v) is 12.9. The van der Waals surface area contributed by atoms with E-state index in [4.69, 9.17) is 0 Å². The van der Waals surface area contributed by atoms with Gasteiger partial charge in [0.05, 0.1) is 5.69 Å². The Kier molecular flexibility index (Phi) is 2.63. The second-order valence-corrected chi connectivity index (χ2v) is 5.30. The first-order valence-electron chi connectivity index (χ1n) is 6.83. The number of halogens is 1. The average Bonchev–Trinajstić information content (AvgIpc) is 3.05.